The van der Waals surface area contributed by atoms with Crippen molar-refractivity contribution in [2.24, 2.45) is 0 Å². The molecule has 0 unspecified atom stereocenters. The van der Waals surface area contributed by atoms with Gasteiger partial charge in [0.05, 0.1) is 24.1 Å². The summed E-state index contributed by atoms with van der Waals surface area (Å²) in [4.78, 5) is 42.2. The highest BCUT2D eigenvalue weighted by atomic mass is 28.4. The van der Waals surface area contributed by atoms with Gasteiger partial charge in [-0.05, 0) is 80.2 Å². The number of carbonyl (C=O) groups excluding carboxylic acids is 1. The second-order valence-electron chi connectivity index (χ2n) is 15.1. The molecule has 0 radical (unpaired) electrons. The van der Waals surface area contributed by atoms with Crippen LogP contribution in [0.25, 0.3) is 11.0 Å². The predicted molar refractivity (Wildman–Crippen MR) is 198 cm³/mol. The van der Waals surface area contributed by atoms with Crippen LogP contribution in [0, 0.1) is 6.92 Å². The highest BCUT2D eigenvalue weighted by Gasteiger charge is 2.37. The molecule has 0 amide bonds. The summed E-state index contributed by atoms with van der Waals surface area (Å²) in [5, 5.41) is 4.14. The molecule has 6 rings (SSSR count). The molecule has 1 aliphatic carbocycles. The average molecular weight is 683 g/mol. The zero-order chi connectivity index (χ0) is 34.9. The van der Waals surface area contributed by atoms with E-state index in [2.05, 4.69) is 84.4 Å². The molecule has 0 bridgehead atoms. The van der Waals surface area contributed by atoms with E-state index in [1.807, 2.05) is 12.3 Å². The standard InChI is InChI=1S/C38H50N6O4Si/c1-25-32-23-40-37(42-35(32)44(28-10-8-9-11-28)36(46)34(25)26(2)45)41-33-17-14-29(22-39-33)43-20-18-31(19-21-43)48-30-15-12-27(13-16-30)24-47-49(6,7)38(3,4)5/h12-17,22-23,28,31H,8-11,18-21,24H2,1-7H3,(H,39,40,41,42). The Kier molecular flexibility index (Phi) is 9.95. The second kappa shape index (κ2) is 14.0. The molecule has 1 aromatic carbocycles. The first kappa shape index (κ1) is 34.8. The minimum Gasteiger partial charge on any atom is -0.490 e. The number of aryl methyl sites for hydroxylation is 1. The molecule has 1 N–H and O–H groups in total. The van der Waals surface area contributed by atoms with E-state index >= 15 is 0 Å². The molecule has 2 fully saturated rings. The number of nitrogens with zero attached hydrogens (tertiary/aromatic N) is 5. The van der Waals surface area contributed by atoms with E-state index in [1.165, 1.54) is 12.5 Å². The monoisotopic (exact) mass is 682 g/mol. The zero-order valence-corrected chi connectivity index (χ0v) is 31.0. The van der Waals surface area contributed by atoms with Crippen molar-refractivity contribution < 1.29 is 14.0 Å². The first-order valence-electron chi connectivity index (χ1n) is 17.6. The number of Topliss-reactive ketones (excluding diaryl/α,β-unsaturated/α-hetero) is 1. The summed E-state index contributed by atoms with van der Waals surface area (Å²) in [6.07, 6.45) is 9.50. The van der Waals surface area contributed by atoms with Crippen LogP contribution < -0.4 is 20.5 Å². The maximum absolute atomic E-state index is 13.5. The highest BCUT2D eigenvalue weighted by Crippen LogP contribution is 2.37. The minimum absolute atomic E-state index is 0.0291. The van der Waals surface area contributed by atoms with Gasteiger partial charge in [0, 0.05) is 43.6 Å². The Bertz CT molecular complexity index is 1850. The molecule has 0 atom stereocenters. The number of pyridine rings is 2. The van der Waals surface area contributed by atoms with E-state index in [4.69, 9.17) is 14.1 Å². The summed E-state index contributed by atoms with van der Waals surface area (Å²) in [6, 6.07) is 12.4. The van der Waals surface area contributed by atoms with Crippen molar-refractivity contribution in [1.82, 2.24) is 19.5 Å². The van der Waals surface area contributed by atoms with Crippen molar-refractivity contribution in [3.63, 3.8) is 0 Å². The van der Waals surface area contributed by atoms with Gasteiger partial charge in [-0.3, -0.25) is 14.2 Å². The molecule has 260 valence electrons. The van der Waals surface area contributed by atoms with Crippen LogP contribution in [0.4, 0.5) is 17.5 Å². The van der Waals surface area contributed by atoms with E-state index in [0.717, 1.165) is 68.4 Å². The lowest BCUT2D eigenvalue weighted by molar-refractivity contribution is 0.101. The number of piperidine rings is 1. The van der Waals surface area contributed by atoms with Crippen LogP contribution in [0.5, 0.6) is 5.75 Å². The Labute approximate surface area is 290 Å². The summed E-state index contributed by atoms with van der Waals surface area (Å²) in [7, 11) is -1.78. The third kappa shape index (κ3) is 7.57. The summed E-state index contributed by atoms with van der Waals surface area (Å²) >= 11 is 0. The molecule has 4 aromatic rings. The van der Waals surface area contributed by atoms with Crippen molar-refractivity contribution >= 4 is 42.6 Å². The molecule has 4 heterocycles. The summed E-state index contributed by atoms with van der Waals surface area (Å²) in [5.41, 5.74) is 3.39. The average Bonchev–Trinajstić information content (AvgIpc) is 3.59. The Morgan fingerprint density at radius 1 is 0.980 bits per heavy atom. The second-order valence-corrected chi connectivity index (χ2v) is 19.9. The van der Waals surface area contributed by atoms with Crippen LogP contribution in [0.15, 0.2) is 53.6 Å². The Morgan fingerprint density at radius 2 is 1.67 bits per heavy atom. The molecule has 1 saturated carbocycles. The number of fused-ring (bicyclic) bond motifs is 1. The predicted octanol–water partition coefficient (Wildman–Crippen LogP) is 8.13. The van der Waals surface area contributed by atoms with Gasteiger partial charge >= 0.3 is 0 Å². The van der Waals surface area contributed by atoms with Gasteiger partial charge in [0.15, 0.2) is 14.1 Å². The number of rotatable bonds is 10. The van der Waals surface area contributed by atoms with Crippen molar-refractivity contribution in [1.29, 1.82) is 0 Å². The van der Waals surface area contributed by atoms with Gasteiger partial charge in [-0.2, -0.15) is 4.98 Å². The maximum atomic E-state index is 13.5. The fraction of sp³-hybridized carbons (Fsp3) is 0.500. The molecule has 11 heteroatoms. The lowest BCUT2D eigenvalue weighted by Crippen LogP contribution is -2.40. The Morgan fingerprint density at radius 3 is 2.29 bits per heavy atom. The first-order valence-corrected chi connectivity index (χ1v) is 20.5. The van der Waals surface area contributed by atoms with Gasteiger partial charge in [-0.25, -0.2) is 9.97 Å². The fourth-order valence-corrected chi connectivity index (χ4v) is 7.60. The van der Waals surface area contributed by atoms with Gasteiger partial charge in [-0.15, -0.1) is 0 Å². The van der Waals surface area contributed by atoms with Gasteiger partial charge in [-0.1, -0.05) is 45.7 Å². The lowest BCUT2D eigenvalue weighted by atomic mass is 10.0. The van der Waals surface area contributed by atoms with Crippen LogP contribution in [0.1, 0.15) is 93.7 Å². The number of anilines is 3. The SMILES string of the molecule is CC(=O)c1c(C)c2cnc(Nc3ccc(N4CCC(Oc5ccc(CO[Si](C)(C)C(C)(C)C)cc5)CC4)cn3)nc2n(C2CCCC2)c1=O. The summed E-state index contributed by atoms with van der Waals surface area (Å²) in [5.74, 6) is 1.65. The van der Waals surface area contributed by atoms with Crippen LogP contribution in [0.2, 0.25) is 18.1 Å². The largest absolute Gasteiger partial charge is 0.490 e. The molecular formula is C38H50N6O4Si. The van der Waals surface area contributed by atoms with Crippen molar-refractivity contribution in [2.45, 2.75) is 110 Å². The highest BCUT2D eigenvalue weighted by molar-refractivity contribution is 6.74. The Hall–Kier alpha value is -4.09. The smallest absolute Gasteiger partial charge is 0.263 e. The molecule has 10 nitrogen and oxygen atoms in total. The molecule has 1 saturated heterocycles. The number of ketones is 1. The molecular weight excluding hydrogens is 633 g/mol. The molecule has 1 aliphatic heterocycles. The number of hydrogen-bond acceptors (Lipinski definition) is 9. The number of carbonyl (C=O) groups is 1. The van der Waals surface area contributed by atoms with Gasteiger partial charge in [0.2, 0.25) is 5.95 Å². The van der Waals surface area contributed by atoms with E-state index in [1.54, 1.807) is 17.7 Å². The summed E-state index contributed by atoms with van der Waals surface area (Å²) < 4.78 is 14.4. The van der Waals surface area contributed by atoms with Crippen LogP contribution in [-0.2, 0) is 11.0 Å². The van der Waals surface area contributed by atoms with E-state index in [0.29, 0.717) is 29.6 Å². The normalized spacial score (nSPS) is 16.3. The molecule has 49 heavy (non-hydrogen) atoms. The topological polar surface area (TPSA) is 111 Å². The van der Waals surface area contributed by atoms with Gasteiger partial charge in [0.1, 0.15) is 23.3 Å². The fourth-order valence-electron chi connectivity index (χ4n) is 6.64. The number of aromatic nitrogens is 4. The number of benzene rings is 1. The van der Waals surface area contributed by atoms with E-state index < -0.39 is 8.32 Å². The lowest BCUT2D eigenvalue weighted by Gasteiger charge is -2.36. The van der Waals surface area contributed by atoms with Gasteiger partial charge < -0.3 is 19.4 Å². The minimum atomic E-state index is -1.78. The third-order valence-corrected chi connectivity index (χ3v) is 15.2. The van der Waals surface area contributed by atoms with E-state index in [9.17, 15) is 9.59 Å². The van der Waals surface area contributed by atoms with Crippen LogP contribution >= 0.6 is 0 Å². The van der Waals surface area contributed by atoms with Crippen molar-refractivity contribution in [3.05, 3.63) is 75.8 Å². The summed E-state index contributed by atoms with van der Waals surface area (Å²) in [6.45, 7) is 17.0. The van der Waals surface area contributed by atoms with Crippen LogP contribution in [0.3, 0.4) is 0 Å². The first-order chi connectivity index (χ1) is 23.3. The zero-order valence-electron chi connectivity index (χ0n) is 30.0. The molecule has 2 aliphatic rings. The molecule has 0 spiro atoms. The third-order valence-electron chi connectivity index (χ3n) is 10.7. The number of nitrogens with one attached hydrogen (secondary N) is 1. The van der Waals surface area contributed by atoms with Gasteiger partial charge in [0.25, 0.3) is 5.56 Å². The maximum Gasteiger partial charge on any atom is 0.263 e. The quantitative estimate of drug-likeness (QED) is 0.131. The van der Waals surface area contributed by atoms with Crippen molar-refractivity contribution in [2.75, 3.05) is 23.3 Å². The van der Waals surface area contributed by atoms with Crippen molar-refractivity contribution in [3.8, 4) is 5.75 Å². The number of ether oxygens (including phenoxy) is 1. The molecule has 3 aromatic heterocycles. The number of hydrogen-bond donors (Lipinski definition) is 1. The Balaban J connectivity index is 1.06. The van der Waals surface area contributed by atoms with E-state index in [-0.39, 0.29) is 34.1 Å². The van der Waals surface area contributed by atoms with Crippen LogP contribution in [-0.4, -0.2) is 52.8 Å².